The SMILES string of the molecule is Cc1cc(=O)n(-c2ccc(N3CCOCC3)c(F)c2)c(COc2cc(F)cc(F)c2)n1.Cc1cc(=O)n(-c2ccc(N3CCOCC3)c(F)c2)c(COc2ccc(F)c(F)c2)n1.Cc1cc(=O)n(-c2ccc(N3CCOCC3)c(F)c2)c(COc2cccc(F)c2)n1.Cc1cc(=O)n(-c2ccc(N3CCP(=O)(O)CC3)c(F)c2)c(C)n1. The Hall–Kier alpha value is -11.9. The molecule has 4 aliphatic rings. The summed E-state index contributed by atoms with van der Waals surface area (Å²) in [6.07, 6.45) is 0.323. The lowest BCUT2D eigenvalue weighted by Gasteiger charge is -2.31. The van der Waals surface area contributed by atoms with Crippen LogP contribution in [0.4, 0.5) is 62.3 Å². The first-order chi connectivity index (χ1) is 55.6. The molecule has 1 N–H and O–H groups in total. The third-order valence-corrected chi connectivity index (χ3v) is 20.6. The number of ether oxygens (including phenoxy) is 6. The monoisotopic (exact) mass is 1630 g/mol. The molecular formula is C82H80F9N12O12P. The number of hydrogen-bond donors (Lipinski definition) is 1. The number of aryl methyl sites for hydroxylation is 5. The predicted octanol–water partition coefficient (Wildman–Crippen LogP) is 12.1. The Bertz CT molecular complexity index is 5670. The first-order valence-corrected chi connectivity index (χ1v) is 38.8. The van der Waals surface area contributed by atoms with Crippen molar-refractivity contribution in [2.24, 2.45) is 0 Å². The molecular weight excluding hydrogens is 1550 g/mol. The smallest absolute Gasteiger partial charge is 0.258 e. The van der Waals surface area contributed by atoms with E-state index in [1.165, 1.54) is 91.1 Å². The highest BCUT2D eigenvalue weighted by molar-refractivity contribution is 7.58. The van der Waals surface area contributed by atoms with Crippen LogP contribution in [0.1, 0.15) is 46.1 Å². The van der Waals surface area contributed by atoms with E-state index in [-0.39, 0.29) is 77.8 Å². The maximum atomic E-state index is 14.9. The van der Waals surface area contributed by atoms with Crippen LogP contribution < -0.4 is 56.0 Å². The van der Waals surface area contributed by atoms with Crippen molar-refractivity contribution in [3.8, 4) is 40.0 Å². The van der Waals surface area contributed by atoms with Crippen LogP contribution in [0.25, 0.3) is 22.7 Å². The number of aromatic nitrogens is 8. The fraction of sp³-hybridized carbons (Fsp3) is 0.293. The molecule has 4 saturated heterocycles. The summed E-state index contributed by atoms with van der Waals surface area (Å²) in [5.74, 6) is -4.39. The standard InChI is InChI=1S/2C22H20F3N3O3.C22H21F2N3O3.C16H19FN3O3P/c1-14-10-22(29)28(21(26-14)13-31-16-3-4-17(23)18(24)12-16)15-2-5-20(19(25)11-15)27-6-8-30-9-7-27;1-14-8-22(29)28(21(26-14)13-31-18-10-15(23)9-16(24)11-18)17-2-3-20(19(25)12-17)27-4-6-30-7-5-27;1-15-11-22(28)27(21(25-15)14-30-18-4-2-3-16(23)12-18)17-5-6-20(19(24)13-17)26-7-9-29-10-8-26;1-11-9-16(21)20(12(2)18-11)13-3-4-15(14(17)10-13)19-5-7-24(22,23)8-6-19/h2-5,10-12H,6-9,13H2,1H3;2-3,8-12H,4-7,13H2,1H3;2-6,11-13H,7-10,14H2,1H3;3-4,9-10H,5-8H2,1-2H3,(H,22,23). The molecule has 4 aromatic heterocycles. The number of rotatable bonds is 17. The first-order valence-electron chi connectivity index (χ1n) is 36.8. The quantitative estimate of drug-likeness (QED) is 0.0657. The zero-order valence-corrected chi connectivity index (χ0v) is 64.5. The fourth-order valence-corrected chi connectivity index (χ4v) is 14.6. The Morgan fingerprint density at radius 3 is 1.03 bits per heavy atom. The predicted molar refractivity (Wildman–Crippen MR) is 416 cm³/mol. The minimum absolute atomic E-state index is 0.0475. The molecule has 4 fully saturated rings. The third-order valence-electron chi connectivity index (χ3n) is 18.8. The summed E-state index contributed by atoms with van der Waals surface area (Å²) in [5.41, 5.74) is 3.61. The van der Waals surface area contributed by atoms with Gasteiger partial charge in [-0.25, -0.2) is 59.4 Å². The summed E-state index contributed by atoms with van der Waals surface area (Å²) >= 11 is 0. The lowest BCUT2D eigenvalue weighted by molar-refractivity contribution is 0.122. The van der Waals surface area contributed by atoms with Gasteiger partial charge < -0.3 is 52.9 Å². The van der Waals surface area contributed by atoms with Gasteiger partial charge in [-0.3, -0.25) is 42.0 Å². The molecule has 15 rings (SSSR count). The van der Waals surface area contributed by atoms with Gasteiger partial charge in [-0.05, 0) is 107 Å². The second-order valence-corrected chi connectivity index (χ2v) is 29.8. The van der Waals surface area contributed by atoms with Gasteiger partial charge in [-0.2, -0.15) is 0 Å². The largest absolute Gasteiger partial charge is 0.486 e. The Morgan fingerprint density at radius 2 is 0.672 bits per heavy atom. The molecule has 0 unspecified atom stereocenters. The average Bonchev–Trinajstić information content (AvgIpc) is 0.806. The third kappa shape index (κ3) is 21.2. The number of nitrogens with zero attached hydrogens (tertiary/aromatic N) is 12. The molecule has 34 heteroatoms. The lowest BCUT2D eigenvalue weighted by atomic mass is 10.2. The van der Waals surface area contributed by atoms with Crippen molar-refractivity contribution >= 4 is 30.1 Å². The molecule has 0 saturated carbocycles. The Kier molecular flexibility index (Phi) is 27.1. The van der Waals surface area contributed by atoms with Crippen LogP contribution in [-0.2, 0) is 38.6 Å². The van der Waals surface area contributed by atoms with Crippen molar-refractivity contribution in [2.45, 2.75) is 54.4 Å². The van der Waals surface area contributed by atoms with E-state index < -0.39 is 70.8 Å². The summed E-state index contributed by atoms with van der Waals surface area (Å²) in [6.45, 7) is 15.3. The number of anilines is 4. The van der Waals surface area contributed by atoms with Crippen LogP contribution in [-0.4, -0.2) is 147 Å². The molecule has 0 amide bonds. The minimum Gasteiger partial charge on any atom is -0.486 e. The minimum atomic E-state index is -3.05. The molecule has 0 atom stereocenters. The van der Waals surface area contributed by atoms with Crippen molar-refractivity contribution in [1.82, 2.24) is 38.2 Å². The number of morpholine rings is 3. The van der Waals surface area contributed by atoms with Gasteiger partial charge in [0.1, 0.15) is 83.6 Å². The second kappa shape index (κ2) is 37.6. The Labute approximate surface area is 658 Å². The van der Waals surface area contributed by atoms with E-state index >= 15 is 0 Å². The number of hydrogen-bond acceptors (Lipinski definition) is 19. The summed E-state index contributed by atoms with van der Waals surface area (Å²) in [5, 5.41) is 0. The highest BCUT2D eigenvalue weighted by Crippen LogP contribution is 2.43. The van der Waals surface area contributed by atoms with Crippen LogP contribution in [0.2, 0.25) is 0 Å². The van der Waals surface area contributed by atoms with Gasteiger partial charge in [0, 0.05) is 166 Å². The number of benzene rings is 7. The molecule has 8 heterocycles. The van der Waals surface area contributed by atoms with Crippen LogP contribution >= 0.6 is 7.37 Å². The van der Waals surface area contributed by atoms with E-state index in [4.69, 9.17) is 28.4 Å². The molecule has 116 heavy (non-hydrogen) atoms. The van der Waals surface area contributed by atoms with Crippen molar-refractivity contribution < 1.29 is 77.4 Å². The van der Waals surface area contributed by atoms with Gasteiger partial charge in [-0.1, -0.05) is 6.07 Å². The zero-order chi connectivity index (χ0) is 82.5. The normalized spacial score (nSPS) is 14.6. The van der Waals surface area contributed by atoms with Gasteiger partial charge in [0.15, 0.2) is 29.1 Å². The molecule has 11 aromatic rings. The lowest BCUT2D eigenvalue weighted by Crippen LogP contribution is -2.36. The zero-order valence-electron chi connectivity index (χ0n) is 63.6. The maximum Gasteiger partial charge on any atom is 0.258 e. The van der Waals surface area contributed by atoms with Crippen LogP contribution in [0.3, 0.4) is 0 Å². The van der Waals surface area contributed by atoms with Crippen molar-refractivity contribution in [1.29, 1.82) is 0 Å². The summed E-state index contributed by atoms with van der Waals surface area (Å²) in [6, 6.07) is 35.2. The van der Waals surface area contributed by atoms with Crippen LogP contribution in [0, 0.1) is 87.0 Å². The van der Waals surface area contributed by atoms with Gasteiger partial charge in [0.25, 0.3) is 22.2 Å². The molecule has 0 bridgehead atoms. The number of halogens is 9. The first kappa shape index (κ1) is 83.5. The van der Waals surface area contributed by atoms with Crippen molar-refractivity contribution in [2.75, 3.05) is 124 Å². The topological polar surface area (TPSA) is 245 Å². The molecule has 0 radical (unpaired) electrons. The van der Waals surface area contributed by atoms with Gasteiger partial charge in [0.05, 0.1) is 85.1 Å². The fourth-order valence-electron chi connectivity index (χ4n) is 13.3. The van der Waals surface area contributed by atoms with Crippen LogP contribution in [0.15, 0.2) is 177 Å². The van der Waals surface area contributed by atoms with Gasteiger partial charge >= 0.3 is 0 Å². The summed E-state index contributed by atoms with van der Waals surface area (Å²) in [7, 11) is -3.05. The molecule has 4 aliphatic heterocycles. The van der Waals surface area contributed by atoms with E-state index in [0.29, 0.717) is 166 Å². The highest BCUT2D eigenvalue weighted by atomic mass is 31.2. The highest BCUT2D eigenvalue weighted by Gasteiger charge is 2.29. The molecule has 608 valence electrons. The summed E-state index contributed by atoms with van der Waals surface area (Å²) < 4.78 is 175. The van der Waals surface area contributed by atoms with Crippen molar-refractivity contribution in [3.63, 3.8) is 0 Å². The Balaban J connectivity index is 0.000000143. The molecule has 0 spiro atoms. The second-order valence-electron chi connectivity index (χ2n) is 27.2. The van der Waals surface area contributed by atoms with E-state index in [1.54, 1.807) is 94.1 Å². The average molecular weight is 1630 g/mol. The van der Waals surface area contributed by atoms with Gasteiger partial charge in [0.2, 0.25) is 7.37 Å². The molecule has 7 aromatic carbocycles. The Morgan fingerprint density at radius 1 is 0.345 bits per heavy atom. The van der Waals surface area contributed by atoms with E-state index in [9.17, 15) is 68.2 Å². The van der Waals surface area contributed by atoms with E-state index in [1.807, 2.05) is 14.7 Å². The maximum absolute atomic E-state index is 14.9. The van der Waals surface area contributed by atoms with E-state index in [2.05, 4.69) is 19.9 Å². The van der Waals surface area contributed by atoms with E-state index in [0.717, 1.165) is 30.3 Å². The van der Waals surface area contributed by atoms with Crippen LogP contribution in [0.5, 0.6) is 17.2 Å². The van der Waals surface area contributed by atoms with Gasteiger partial charge in [-0.15, -0.1) is 0 Å². The summed E-state index contributed by atoms with van der Waals surface area (Å²) in [4.78, 5) is 84.5. The molecule has 24 nitrogen and oxygen atoms in total. The molecule has 0 aliphatic carbocycles. The van der Waals surface area contributed by atoms with Crippen molar-refractivity contribution in [3.05, 3.63) is 298 Å².